The number of methoxy groups -OCH3 is 1. The second-order valence-electron chi connectivity index (χ2n) is 7.15. The van der Waals surface area contributed by atoms with E-state index in [1.807, 2.05) is 12.1 Å². The number of ether oxygens (including phenoxy) is 1. The van der Waals surface area contributed by atoms with Gasteiger partial charge in [0.25, 0.3) is 0 Å². The summed E-state index contributed by atoms with van der Waals surface area (Å²) in [7, 11) is 1.64. The number of aromatic nitrogens is 3. The monoisotopic (exact) mass is 415 g/mol. The number of anilines is 1. The van der Waals surface area contributed by atoms with Crippen molar-refractivity contribution in [2.75, 3.05) is 32.1 Å². The maximum absolute atomic E-state index is 13.6. The Morgan fingerprint density at radius 2 is 2.17 bits per heavy atom. The highest BCUT2D eigenvalue weighted by atomic mass is 19.2. The maximum atomic E-state index is 13.6. The average Bonchev–Trinajstić information content (AvgIpc) is 3.41. The molecule has 1 aliphatic rings. The van der Waals surface area contributed by atoms with Crippen molar-refractivity contribution in [3.05, 3.63) is 59.6 Å². The van der Waals surface area contributed by atoms with E-state index in [0.29, 0.717) is 42.8 Å². The number of hydrogen-bond acceptors (Lipinski definition) is 7. The van der Waals surface area contributed by atoms with Crippen LogP contribution in [0.3, 0.4) is 0 Å². The smallest absolute Gasteiger partial charge is 0.244 e. The zero-order valence-corrected chi connectivity index (χ0v) is 16.6. The molecule has 4 rings (SSSR count). The van der Waals surface area contributed by atoms with Crippen molar-refractivity contribution in [1.29, 1.82) is 0 Å². The summed E-state index contributed by atoms with van der Waals surface area (Å²) in [6, 6.07) is 7.61. The van der Waals surface area contributed by atoms with E-state index < -0.39 is 11.6 Å². The fourth-order valence-corrected chi connectivity index (χ4v) is 3.65. The second kappa shape index (κ2) is 9.27. The van der Waals surface area contributed by atoms with E-state index in [1.165, 1.54) is 6.07 Å². The minimum absolute atomic E-state index is 0.0686. The number of nitrogens with one attached hydrogen (secondary N) is 1. The number of nitrogens with zero attached hydrogens (tertiary/aromatic N) is 4. The Labute approximate surface area is 173 Å². The number of benzene rings is 1. The quantitative estimate of drug-likeness (QED) is 0.561. The summed E-state index contributed by atoms with van der Waals surface area (Å²) in [5.74, 6) is -0.0560. The van der Waals surface area contributed by atoms with Crippen molar-refractivity contribution in [2.45, 2.75) is 25.4 Å². The van der Waals surface area contributed by atoms with Crippen LogP contribution in [0, 0.1) is 11.6 Å². The third kappa shape index (κ3) is 4.47. The van der Waals surface area contributed by atoms with Crippen LogP contribution in [0.4, 0.5) is 14.6 Å². The van der Waals surface area contributed by atoms with Gasteiger partial charge in [-0.15, -0.1) is 0 Å². The maximum Gasteiger partial charge on any atom is 0.244 e. The summed E-state index contributed by atoms with van der Waals surface area (Å²) in [5, 5.41) is 7.36. The van der Waals surface area contributed by atoms with Crippen LogP contribution < -0.4 is 5.32 Å². The van der Waals surface area contributed by atoms with Gasteiger partial charge in [0.2, 0.25) is 11.7 Å². The lowest BCUT2D eigenvalue weighted by Gasteiger charge is -2.21. The van der Waals surface area contributed by atoms with Crippen LogP contribution in [-0.4, -0.2) is 46.8 Å². The van der Waals surface area contributed by atoms with Gasteiger partial charge in [-0.3, -0.25) is 4.90 Å². The normalized spacial score (nSPS) is 16.8. The van der Waals surface area contributed by atoms with Crippen LogP contribution in [-0.2, 0) is 11.3 Å². The Morgan fingerprint density at radius 3 is 3.00 bits per heavy atom. The molecule has 0 radical (unpaired) electrons. The van der Waals surface area contributed by atoms with Crippen molar-refractivity contribution in [2.24, 2.45) is 0 Å². The number of hydrogen-bond donors (Lipinski definition) is 1. The number of likely N-dealkylation sites (tertiary alicyclic amines) is 1. The van der Waals surface area contributed by atoms with E-state index in [4.69, 9.17) is 9.26 Å². The molecule has 1 aliphatic heterocycles. The molecule has 1 atom stereocenters. The van der Waals surface area contributed by atoms with Gasteiger partial charge in [-0.1, -0.05) is 11.2 Å². The summed E-state index contributed by atoms with van der Waals surface area (Å²) in [6.45, 7) is 2.46. The van der Waals surface area contributed by atoms with E-state index in [2.05, 4.69) is 25.3 Å². The zero-order chi connectivity index (χ0) is 20.9. The largest absolute Gasteiger partial charge is 0.383 e. The van der Waals surface area contributed by atoms with Crippen molar-refractivity contribution in [1.82, 2.24) is 20.0 Å². The van der Waals surface area contributed by atoms with Crippen molar-refractivity contribution < 1.29 is 18.0 Å². The van der Waals surface area contributed by atoms with Crippen LogP contribution in [0.15, 0.2) is 41.1 Å². The Hall–Kier alpha value is -2.91. The van der Waals surface area contributed by atoms with Crippen molar-refractivity contribution in [3.63, 3.8) is 0 Å². The van der Waals surface area contributed by atoms with Gasteiger partial charge in [0.15, 0.2) is 11.6 Å². The van der Waals surface area contributed by atoms with Gasteiger partial charge in [-0.25, -0.2) is 13.8 Å². The topological polar surface area (TPSA) is 76.3 Å². The molecule has 1 unspecified atom stereocenters. The zero-order valence-electron chi connectivity index (χ0n) is 16.6. The summed E-state index contributed by atoms with van der Waals surface area (Å²) in [5.41, 5.74) is 1.45. The first-order valence-electron chi connectivity index (χ1n) is 9.85. The van der Waals surface area contributed by atoms with Gasteiger partial charge >= 0.3 is 0 Å². The molecule has 1 N–H and O–H groups in total. The summed E-state index contributed by atoms with van der Waals surface area (Å²) in [6.07, 6.45) is 3.51. The SMILES string of the molecule is COCCNc1ncccc1-c1noc(C2CCCN2Cc2ccc(F)c(F)c2)n1. The molecule has 2 aromatic heterocycles. The van der Waals surface area contributed by atoms with Crippen LogP contribution in [0.25, 0.3) is 11.4 Å². The van der Waals surface area contributed by atoms with Gasteiger partial charge in [-0.2, -0.15) is 4.98 Å². The lowest BCUT2D eigenvalue weighted by Crippen LogP contribution is -2.23. The van der Waals surface area contributed by atoms with Crippen LogP contribution >= 0.6 is 0 Å². The van der Waals surface area contributed by atoms with Gasteiger partial charge in [-0.05, 0) is 49.2 Å². The predicted molar refractivity (Wildman–Crippen MR) is 107 cm³/mol. The molecule has 0 spiro atoms. The van der Waals surface area contributed by atoms with Crippen molar-refractivity contribution in [3.8, 4) is 11.4 Å². The third-order valence-electron chi connectivity index (χ3n) is 5.11. The Balaban J connectivity index is 1.51. The highest BCUT2D eigenvalue weighted by molar-refractivity contribution is 5.69. The van der Waals surface area contributed by atoms with E-state index in [0.717, 1.165) is 31.0 Å². The fraction of sp³-hybridized carbons (Fsp3) is 0.381. The Bertz CT molecular complexity index is 997. The molecule has 1 fully saturated rings. The minimum Gasteiger partial charge on any atom is -0.383 e. The molecule has 0 bridgehead atoms. The van der Waals surface area contributed by atoms with E-state index in [1.54, 1.807) is 19.4 Å². The molecular weight excluding hydrogens is 392 g/mol. The lowest BCUT2D eigenvalue weighted by atomic mass is 10.1. The summed E-state index contributed by atoms with van der Waals surface area (Å²) in [4.78, 5) is 11.1. The van der Waals surface area contributed by atoms with E-state index in [9.17, 15) is 8.78 Å². The van der Waals surface area contributed by atoms with Crippen LogP contribution in [0.1, 0.15) is 30.3 Å². The molecule has 9 heteroatoms. The third-order valence-corrected chi connectivity index (χ3v) is 5.11. The molecule has 1 saturated heterocycles. The fourth-order valence-electron chi connectivity index (χ4n) is 3.65. The predicted octanol–water partition coefficient (Wildman–Crippen LogP) is 3.81. The standard InChI is InChI=1S/C21H23F2N5O2/c1-29-11-9-25-19-15(4-2-8-24-19)20-26-21(30-27-20)18-5-3-10-28(18)13-14-6-7-16(22)17(23)12-14/h2,4,6-8,12,18H,3,5,9-11,13H2,1H3,(H,24,25). The van der Waals surface area contributed by atoms with Crippen molar-refractivity contribution >= 4 is 5.82 Å². The molecule has 3 heterocycles. The van der Waals surface area contributed by atoms with E-state index >= 15 is 0 Å². The molecule has 30 heavy (non-hydrogen) atoms. The summed E-state index contributed by atoms with van der Waals surface area (Å²) < 4.78 is 37.4. The first-order valence-corrected chi connectivity index (χ1v) is 9.85. The first-order chi connectivity index (χ1) is 14.7. The van der Waals surface area contributed by atoms with Crippen LogP contribution in [0.2, 0.25) is 0 Å². The lowest BCUT2D eigenvalue weighted by molar-refractivity contribution is 0.201. The second-order valence-corrected chi connectivity index (χ2v) is 7.15. The van der Waals surface area contributed by atoms with E-state index in [-0.39, 0.29) is 6.04 Å². The highest BCUT2D eigenvalue weighted by Gasteiger charge is 2.31. The van der Waals surface area contributed by atoms with Crippen LogP contribution in [0.5, 0.6) is 0 Å². The van der Waals surface area contributed by atoms with Gasteiger partial charge in [0.05, 0.1) is 18.2 Å². The molecule has 7 nitrogen and oxygen atoms in total. The minimum atomic E-state index is -0.843. The number of halogens is 2. The average molecular weight is 415 g/mol. The highest BCUT2D eigenvalue weighted by Crippen LogP contribution is 2.34. The molecule has 1 aromatic carbocycles. The number of pyridine rings is 1. The molecule has 0 aliphatic carbocycles. The molecule has 0 amide bonds. The Kier molecular flexibility index (Phi) is 6.29. The Morgan fingerprint density at radius 1 is 1.27 bits per heavy atom. The summed E-state index contributed by atoms with van der Waals surface area (Å²) >= 11 is 0. The van der Waals surface area contributed by atoms with Gasteiger partial charge in [0, 0.05) is 26.4 Å². The molecular formula is C21H23F2N5O2. The van der Waals surface area contributed by atoms with Gasteiger partial charge in [0.1, 0.15) is 5.82 Å². The molecule has 3 aromatic rings. The molecule has 158 valence electrons. The van der Waals surface area contributed by atoms with Gasteiger partial charge < -0.3 is 14.6 Å². The number of rotatable bonds is 8. The molecule has 0 saturated carbocycles. The first kappa shape index (κ1) is 20.4.